The molecule has 3 heterocycles. The summed E-state index contributed by atoms with van der Waals surface area (Å²) < 4.78 is 11.0. The van der Waals surface area contributed by atoms with E-state index in [0.29, 0.717) is 17.7 Å². The molecule has 0 aliphatic rings. The maximum Gasteiger partial charge on any atom is 0.336 e. The number of carboxylic acid groups (broad SMARTS) is 1. The molecule has 0 unspecified atom stereocenters. The van der Waals surface area contributed by atoms with Gasteiger partial charge in [0.2, 0.25) is 5.88 Å². The van der Waals surface area contributed by atoms with E-state index in [1.165, 1.54) is 0 Å². The van der Waals surface area contributed by atoms with Crippen LogP contribution < -0.4 is 9.47 Å². The zero-order chi connectivity index (χ0) is 21.9. The highest BCUT2D eigenvalue weighted by Gasteiger charge is 2.28. The number of aromatic nitrogens is 5. The first kappa shape index (κ1) is 21.2. The van der Waals surface area contributed by atoms with Gasteiger partial charge in [-0.2, -0.15) is 4.98 Å². The number of aliphatic carboxylic acids is 1. The maximum absolute atomic E-state index is 11.2. The molecule has 0 saturated heterocycles. The van der Waals surface area contributed by atoms with E-state index >= 15 is 0 Å². The second kappa shape index (κ2) is 8.48. The SMILES string of the molecule is Cc1cc(OCC(C)(C)C(=O)O)ncc1-c1ccc(-c2nc(OC(C)C)n[nH]2)cn1. The van der Waals surface area contributed by atoms with Crippen LogP contribution in [0.15, 0.2) is 30.6 Å². The summed E-state index contributed by atoms with van der Waals surface area (Å²) in [6.07, 6.45) is 3.37. The molecule has 0 aliphatic heterocycles. The van der Waals surface area contributed by atoms with Crippen LogP contribution in [0.1, 0.15) is 33.3 Å². The lowest BCUT2D eigenvalue weighted by Gasteiger charge is -2.19. The summed E-state index contributed by atoms with van der Waals surface area (Å²) in [5, 5.41) is 16.1. The molecule has 0 aliphatic carbocycles. The van der Waals surface area contributed by atoms with Crippen molar-refractivity contribution in [2.24, 2.45) is 5.41 Å². The van der Waals surface area contributed by atoms with Crippen LogP contribution in [0.25, 0.3) is 22.6 Å². The summed E-state index contributed by atoms with van der Waals surface area (Å²) in [6, 6.07) is 5.83. The molecule has 2 N–H and O–H groups in total. The molecule has 0 atom stereocenters. The van der Waals surface area contributed by atoms with Crippen molar-refractivity contribution < 1.29 is 19.4 Å². The van der Waals surface area contributed by atoms with E-state index in [9.17, 15) is 9.90 Å². The Morgan fingerprint density at radius 2 is 2.00 bits per heavy atom. The van der Waals surface area contributed by atoms with Crippen molar-refractivity contribution in [2.45, 2.75) is 40.7 Å². The third-order valence-corrected chi connectivity index (χ3v) is 4.36. The normalized spacial score (nSPS) is 11.5. The van der Waals surface area contributed by atoms with E-state index in [1.54, 1.807) is 32.3 Å². The first-order chi connectivity index (χ1) is 14.2. The Morgan fingerprint density at radius 3 is 2.60 bits per heavy atom. The molecule has 9 heteroatoms. The van der Waals surface area contributed by atoms with Gasteiger partial charge in [0.05, 0.1) is 17.2 Å². The van der Waals surface area contributed by atoms with Crippen molar-refractivity contribution in [1.29, 1.82) is 0 Å². The average molecular weight is 411 g/mol. The highest BCUT2D eigenvalue weighted by Crippen LogP contribution is 2.26. The number of nitrogens with one attached hydrogen (secondary N) is 1. The minimum absolute atomic E-state index is 0.00761. The number of rotatable bonds is 8. The summed E-state index contributed by atoms with van der Waals surface area (Å²) in [4.78, 5) is 24.3. The molecule has 0 radical (unpaired) electrons. The van der Waals surface area contributed by atoms with Crippen LogP contribution in [0.5, 0.6) is 11.9 Å². The average Bonchev–Trinajstić information content (AvgIpc) is 3.14. The van der Waals surface area contributed by atoms with Crippen LogP contribution in [-0.4, -0.2) is 48.9 Å². The van der Waals surface area contributed by atoms with Crippen LogP contribution in [-0.2, 0) is 4.79 Å². The van der Waals surface area contributed by atoms with Crippen molar-refractivity contribution in [1.82, 2.24) is 25.1 Å². The minimum Gasteiger partial charge on any atom is -0.481 e. The number of ether oxygens (including phenoxy) is 2. The summed E-state index contributed by atoms with van der Waals surface area (Å²) in [5.74, 6) is 0.0284. The highest BCUT2D eigenvalue weighted by molar-refractivity contribution is 5.73. The molecule has 30 heavy (non-hydrogen) atoms. The number of aromatic amines is 1. The Morgan fingerprint density at radius 1 is 1.23 bits per heavy atom. The third-order valence-electron chi connectivity index (χ3n) is 4.36. The van der Waals surface area contributed by atoms with E-state index in [4.69, 9.17) is 9.47 Å². The minimum atomic E-state index is -0.994. The van der Waals surface area contributed by atoms with Gasteiger partial charge in [-0.15, -0.1) is 5.10 Å². The molecule has 158 valence electrons. The molecule has 9 nitrogen and oxygen atoms in total. The molecule has 3 rings (SSSR count). The number of hydrogen-bond donors (Lipinski definition) is 2. The summed E-state index contributed by atoms with van der Waals surface area (Å²) >= 11 is 0. The van der Waals surface area contributed by atoms with Crippen LogP contribution in [0.2, 0.25) is 0 Å². The predicted molar refractivity (Wildman–Crippen MR) is 110 cm³/mol. The Kier molecular flexibility index (Phi) is 6.00. The number of aryl methyl sites for hydroxylation is 1. The topological polar surface area (TPSA) is 123 Å². The fourth-order valence-electron chi connectivity index (χ4n) is 2.53. The Bertz CT molecular complexity index is 1030. The van der Waals surface area contributed by atoms with Gasteiger partial charge in [0, 0.05) is 29.6 Å². The van der Waals surface area contributed by atoms with Crippen molar-refractivity contribution >= 4 is 5.97 Å². The van der Waals surface area contributed by atoms with Gasteiger partial charge in [0.1, 0.15) is 6.61 Å². The quantitative estimate of drug-likeness (QED) is 0.577. The molecular formula is C21H25N5O4. The smallest absolute Gasteiger partial charge is 0.336 e. The van der Waals surface area contributed by atoms with E-state index in [1.807, 2.05) is 32.9 Å². The van der Waals surface area contributed by atoms with Crippen molar-refractivity contribution in [3.05, 3.63) is 36.2 Å². The number of H-pyrrole nitrogens is 1. The zero-order valence-corrected chi connectivity index (χ0v) is 17.6. The highest BCUT2D eigenvalue weighted by atomic mass is 16.5. The van der Waals surface area contributed by atoms with Gasteiger partial charge in [0.15, 0.2) is 5.82 Å². The van der Waals surface area contributed by atoms with Gasteiger partial charge in [0.25, 0.3) is 0 Å². The van der Waals surface area contributed by atoms with E-state index in [2.05, 4.69) is 25.1 Å². The molecule has 0 aromatic carbocycles. The fraction of sp³-hybridized carbons (Fsp3) is 0.381. The molecule has 0 fully saturated rings. The van der Waals surface area contributed by atoms with Gasteiger partial charge in [-0.25, -0.2) is 4.98 Å². The van der Waals surface area contributed by atoms with Crippen LogP contribution in [0.4, 0.5) is 0 Å². The van der Waals surface area contributed by atoms with Crippen molar-refractivity contribution in [3.8, 4) is 34.5 Å². The van der Waals surface area contributed by atoms with Crippen molar-refractivity contribution in [3.63, 3.8) is 0 Å². The first-order valence-corrected chi connectivity index (χ1v) is 9.54. The van der Waals surface area contributed by atoms with Crippen LogP contribution in [0.3, 0.4) is 0 Å². The van der Waals surface area contributed by atoms with E-state index in [0.717, 1.165) is 22.4 Å². The van der Waals surface area contributed by atoms with E-state index < -0.39 is 11.4 Å². The Labute approximate surface area is 174 Å². The van der Waals surface area contributed by atoms with Crippen molar-refractivity contribution in [2.75, 3.05) is 6.61 Å². The Hall–Kier alpha value is -3.49. The van der Waals surface area contributed by atoms with Gasteiger partial charge < -0.3 is 14.6 Å². The molecule has 0 saturated carbocycles. The fourth-order valence-corrected chi connectivity index (χ4v) is 2.53. The van der Waals surface area contributed by atoms with Gasteiger partial charge >= 0.3 is 12.0 Å². The van der Waals surface area contributed by atoms with Gasteiger partial charge in [-0.1, -0.05) is 0 Å². The summed E-state index contributed by atoms with van der Waals surface area (Å²) in [7, 11) is 0. The zero-order valence-electron chi connectivity index (χ0n) is 17.6. The second-order valence-electron chi connectivity index (χ2n) is 7.88. The molecule has 0 amide bonds. The predicted octanol–water partition coefficient (Wildman–Crippen LogP) is 3.51. The number of carbonyl (C=O) groups is 1. The monoisotopic (exact) mass is 411 g/mol. The lowest BCUT2D eigenvalue weighted by atomic mass is 9.95. The van der Waals surface area contributed by atoms with Crippen LogP contribution >= 0.6 is 0 Å². The molecule has 3 aromatic rings. The molecule has 3 aromatic heterocycles. The molecule has 0 bridgehead atoms. The number of carboxylic acids is 1. The third kappa shape index (κ3) is 4.91. The summed E-state index contributed by atoms with van der Waals surface area (Å²) in [5.41, 5.74) is 2.31. The number of hydrogen-bond acceptors (Lipinski definition) is 7. The number of nitrogens with zero attached hydrogens (tertiary/aromatic N) is 4. The largest absolute Gasteiger partial charge is 0.481 e. The van der Waals surface area contributed by atoms with Crippen LogP contribution in [0, 0.1) is 12.3 Å². The maximum atomic E-state index is 11.2. The summed E-state index contributed by atoms with van der Waals surface area (Å²) in [6.45, 7) is 8.98. The lowest BCUT2D eigenvalue weighted by Crippen LogP contribution is -2.30. The second-order valence-corrected chi connectivity index (χ2v) is 7.88. The Balaban J connectivity index is 1.73. The lowest BCUT2D eigenvalue weighted by molar-refractivity contribution is -0.148. The van der Waals surface area contributed by atoms with Gasteiger partial charge in [-0.3, -0.25) is 14.9 Å². The first-order valence-electron chi connectivity index (χ1n) is 9.54. The standard InChI is InChI=1S/C21H25N5O4/c1-12(2)30-20-24-18(25-26-20)14-6-7-16(22-9-14)15-10-23-17(8-13(15)3)29-11-21(4,5)19(27)28/h6-10,12H,11H2,1-5H3,(H,27,28)(H,24,25,26). The van der Waals surface area contributed by atoms with Gasteiger partial charge in [-0.05, 0) is 52.3 Å². The van der Waals surface area contributed by atoms with E-state index in [-0.39, 0.29) is 12.7 Å². The molecular weight excluding hydrogens is 386 g/mol. The molecule has 0 spiro atoms. The number of pyridine rings is 2.